The van der Waals surface area contributed by atoms with Gasteiger partial charge in [0.1, 0.15) is 18.3 Å². The van der Waals surface area contributed by atoms with Gasteiger partial charge in [0, 0.05) is 13.5 Å². The molecule has 9 heteroatoms. The van der Waals surface area contributed by atoms with Crippen LogP contribution in [0, 0.1) is 6.92 Å². The summed E-state index contributed by atoms with van der Waals surface area (Å²) in [6.07, 6.45) is 0.336. The Hall–Kier alpha value is -4.14. The highest BCUT2D eigenvalue weighted by molar-refractivity contribution is 6.08. The molecule has 0 unspecified atom stereocenters. The molecule has 4 rings (SSSR count). The summed E-state index contributed by atoms with van der Waals surface area (Å²) in [6, 6.07) is 17.0. The smallest absolute Gasteiger partial charge is 0.325 e. The van der Waals surface area contributed by atoms with Gasteiger partial charge in [-0.1, -0.05) is 48.5 Å². The number of carbonyl (C=O) groups excluding carboxylic acids is 3. The molecule has 1 aromatic heterocycles. The number of nitrogens with one attached hydrogen (secondary N) is 2. The molecule has 2 heterocycles. The predicted molar refractivity (Wildman–Crippen MR) is 119 cm³/mol. The number of amides is 4. The quantitative estimate of drug-likeness (QED) is 0.576. The minimum atomic E-state index is -0.730. The summed E-state index contributed by atoms with van der Waals surface area (Å²) in [5.41, 5.74) is 1.81. The van der Waals surface area contributed by atoms with Crippen molar-refractivity contribution in [1.29, 1.82) is 0 Å². The molecule has 164 valence electrons. The van der Waals surface area contributed by atoms with E-state index in [0.29, 0.717) is 17.8 Å². The van der Waals surface area contributed by atoms with Gasteiger partial charge >= 0.3 is 6.03 Å². The molecule has 1 atom stereocenters. The molecule has 2 aromatic carbocycles. The van der Waals surface area contributed by atoms with Gasteiger partial charge in [-0.05, 0) is 24.6 Å². The fraction of sp³-hybridized carbons (Fsp3) is 0.217. The Bertz CT molecular complexity index is 1230. The van der Waals surface area contributed by atoms with Crippen LogP contribution in [0.15, 0.2) is 65.5 Å². The van der Waals surface area contributed by atoms with E-state index in [9.17, 15) is 19.2 Å². The van der Waals surface area contributed by atoms with Crippen molar-refractivity contribution in [3.63, 3.8) is 0 Å². The topological polar surface area (TPSA) is 105 Å². The summed E-state index contributed by atoms with van der Waals surface area (Å²) in [5, 5.41) is 5.19. The van der Waals surface area contributed by atoms with E-state index in [1.165, 1.54) is 4.68 Å². The van der Waals surface area contributed by atoms with Gasteiger partial charge in [-0.15, -0.1) is 0 Å². The molecule has 0 aliphatic carbocycles. The lowest BCUT2D eigenvalue weighted by Gasteiger charge is -2.12. The number of urea groups is 1. The van der Waals surface area contributed by atoms with Crippen molar-refractivity contribution in [1.82, 2.24) is 19.6 Å². The van der Waals surface area contributed by atoms with Crippen molar-refractivity contribution >= 4 is 23.5 Å². The summed E-state index contributed by atoms with van der Waals surface area (Å²) in [5.74, 6) is -1.10. The lowest BCUT2D eigenvalue weighted by Crippen LogP contribution is -2.39. The Morgan fingerprint density at radius 3 is 2.28 bits per heavy atom. The highest BCUT2D eigenvalue weighted by atomic mass is 16.2. The van der Waals surface area contributed by atoms with E-state index in [-0.39, 0.29) is 5.69 Å². The van der Waals surface area contributed by atoms with Gasteiger partial charge in [0.25, 0.3) is 11.5 Å². The van der Waals surface area contributed by atoms with E-state index in [2.05, 4.69) is 10.6 Å². The number of anilines is 1. The number of nitrogens with zero attached hydrogens (tertiary/aromatic N) is 3. The Morgan fingerprint density at radius 2 is 1.62 bits per heavy atom. The van der Waals surface area contributed by atoms with E-state index in [0.717, 1.165) is 10.5 Å². The van der Waals surface area contributed by atoms with Crippen LogP contribution in [0.2, 0.25) is 0 Å². The van der Waals surface area contributed by atoms with Gasteiger partial charge in [0.15, 0.2) is 0 Å². The number of benzene rings is 2. The van der Waals surface area contributed by atoms with Crippen molar-refractivity contribution < 1.29 is 14.4 Å². The average Bonchev–Trinajstić information content (AvgIpc) is 3.16. The predicted octanol–water partition coefficient (Wildman–Crippen LogP) is 1.59. The molecule has 1 aliphatic heterocycles. The van der Waals surface area contributed by atoms with Crippen molar-refractivity contribution in [2.75, 3.05) is 11.9 Å². The van der Waals surface area contributed by atoms with Gasteiger partial charge in [-0.25, -0.2) is 9.48 Å². The minimum Gasteiger partial charge on any atom is -0.325 e. The summed E-state index contributed by atoms with van der Waals surface area (Å²) in [7, 11) is 1.71. The zero-order valence-electron chi connectivity index (χ0n) is 17.7. The number of imide groups is 1. The third-order valence-corrected chi connectivity index (χ3v) is 5.51. The van der Waals surface area contributed by atoms with Crippen LogP contribution in [0.1, 0.15) is 11.3 Å². The number of hydrogen-bond donors (Lipinski definition) is 2. The first-order valence-corrected chi connectivity index (χ1v) is 10.2. The fourth-order valence-electron chi connectivity index (χ4n) is 3.75. The monoisotopic (exact) mass is 433 g/mol. The van der Waals surface area contributed by atoms with Gasteiger partial charge in [-0.3, -0.25) is 24.0 Å². The Morgan fingerprint density at radius 1 is 1.00 bits per heavy atom. The SMILES string of the molecule is Cc1c(NC(=O)CN2C(=O)N[C@@H](Cc3ccccc3)C2=O)c(=O)n(-c2ccccc2)n1C. The van der Waals surface area contributed by atoms with Crippen LogP contribution in [-0.4, -0.2) is 44.7 Å². The number of aromatic nitrogens is 2. The Balaban J connectivity index is 1.48. The van der Waals surface area contributed by atoms with E-state index in [1.807, 2.05) is 48.5 Å². The molecule has 0 saturated carbocycles. The first-order chi connectivity index (χ1) is 15.4. The summed E-state index contributed by atoms with van der Waals surface area (Å²) in [4.78, 5) is 51.4. The molecule has 2 N–H and O–H groups in total. The van der Waals surface area contributed by atoms with Crippen molar-refractivity contribution in [2.24, 2.45) is 7.05 Å². The maximum atomic E-state index is 12.9. The van der Waals surface area contributed by atoms with Crippen LogP contribution in [0.25, 0.3) is 5.69 Å². The molecule has 3 aromatic rings. The normalized spacial score (nSPS) is 15.7. The van der Waals surface area contributed by atoms with Crippen LogP contribution >= 0.6 is 0 Å². The molecule has 0 radical (unpaired) electrons. The van der Waals surface area contributed by atoms with Gasteiger partial charge < -0.3 is 10.6 Å². The maximum absolute atomic E-state index is 12.9. The van der Waals surface area contributed by atoms with Crippen LogP contribution < -0.4 is 16.2 Å². The zero-order chi connectivity index (χ0) is 22.8. The number of carbonyl (C=O) groups is 3. The molecule has 0 bridgehead atoms. The standard InChI is InChI=1S/C23H23N5O4/c1-15-20(22(31)28(26(15)2)17-11-7-4-8-12-17)25-19(29)14-27-21(30)18(24-23(27)32)13-16-9-5-3-6-10-16/h3-12,18H,13-14H2,1-2H3,(H,24,32)(H,25,29)/t18-/m0/s1. The average molecular weight is 433 g/mol. The molecule has 1 fully saturated rings. The summed E-state index contributed by atoms with van der Waals surface area (Å²) >= 11 is 0. The zero-order valence-corrected chi connectivity index (χ0v) is 17.7. The number of rotatable bonds is 6. The second kappa shape index (κ2) is 8.54. The highest BCUT2D eigenvalue weighted by Crippen LogP contribution is 2.15. The number of para-hydroxylation sites is 1. The van der Waals surface area contributed by atoms with Crippen LogP contribution in [0.5, 0.6) is 0 Å². The third-order valence-electron chi connectivity index (χ3n) is 5.51. The Labute approximate surface area is 184 Å². The Kier molecular flexibility index (Phi) is 5.63. The largest absolute Gasteiger partial charge is 0.325 e. The molecule has 0 spiro atoms. The van der Waals surface area contributed by atoms with Gasteiger partial charge in [-0.2, -0.15) is 0 Å². The van der Waals surface area contributed by atoms with Crippen LogP contribution in [0.3, 0.4) is 0 Å². The fourth-order valence-corrected chi connectivity index (χ4v) is 3.75. The minimum absolute atomic E-state index is 0.106. The summed E-state index contributed by atoms with van der Waals surface area (Å²) < 4.78 is 3.07. The molecule has 4 amide bonds. The summed E-state index contributed by atoms with van der Waals surface area (Å²) in [6.45, 7) is 1.23. The second-order valence-electron chi connectivity index (χ2n) is 7.60. The van der Waals surface area contributed by atoms with Crippen LogP contribution in [0.4, 0.5) is 10.5 Å². The molecular weight excluding hydrogens is 410 g/mol. The van der Waals surface area contributed by atoms with E-state index in [4.69, 9.17) is 0 Å². The van der Waals surface area contributed by atoms with Crippen molar-refractivity contribution in [2.45, 2.75) is 19.4 Å². The molecule has 1 aliphatic rings. The lowest BCUT2D eigenvalue weighted by molar-refractivity contribution is -0.130. The van der Waals surface area contributed by atoms with Crippen LogP contribution in [-0.2, 0) is 23.1 Å². The van der Waals surface area contributed by atoms with Gasteiger partial charge in [0.2, 0.25) is 5.91 Å². The van der Waals surface area contributed by atoms with Crippen molar-refractivity contribution in [3.8, 4) is 5.69 Å². The molecule has 9 nitrogen and oxygen atoms in total. The van der Waals surface area contributed by atoms with Crippen molar-refractivity contribution in [3.05, 3.63) is 82.3 Å². The second-order valence-corrected chi connectivity index (χ2v) is 7.60. The first-order valence-electron chi connectivity index (χ1n) is 10.2. The van der Waals surface area contributed by atoms with Gasteiger partial charge in [0.05, 0.1) is 11.4 Å². The van der Waals surface area contributed by atoms with E-state index >= 15 is 0 Å². The highest BCUT2D eigenvalue weighted by Gasteiger charge is 2.39. The van der Waals surface area contributed by atoms with E-state index < -0.39 is 36.0 Å². The maximum Gasteiger partial charge on any atom is 0.325 e. The molecular formula is C23H23N5O4. The number of hydrogen-bond acceptors (Lipinski definition) is 4. The lowest BCUT2D eigenvalue weighted by atomic mass is 10.1. The third kappa shape index (κ3) is 3.92. The first kappa shape index (κ1) is 21.1. The van der Waals surface area contributed by atoms with E-state index in [1.54, 1.807) is 30.8 Å². The molecule has 32 heavy (non-hydrogen) atoms. The molecule has 1 saturated heterocycles.